The average Bonchev–Trinajstić information content (AvgIpc) is 2.88. The number of benzene rings is 1. The van der Waals surface area contributed by atoms with Gasteiger partial charge in [-0.3, -0.25) is 4.21 Å². The van der Waals surface area contributed by atoms with Crippen LogP contribution in [0.1, 0.15) is 96.0 Å². The zero-order valence-corrected chi connectivity index (χ0v) is 24.1. The van der Waals surface area contributed by atoms with Crippen molar-refractivity contribution in [3.63, 3.8) is 0 Å². The number of aliphatic hydroxyl groups excluding tert-OH is 1. The van der Waals surface area contributed by atoms with Gasteiger partial charge in [0.1, 0.15) is 5.75 Å². The molecule has 9 heteroatoms. The number of rotatable bonds is 15. The SMILES string of the molecule is CC1(c2ccc(O)cc2)C=CC2=C(CCC(O)C2)C1CCCCCCCCCS(=O)CCCC(F)(F)C(F)(F)F. The maximum absolute atomic E-state index is 12.9. The third kappa shape index (κ3) is 8.88. The summed E-state index contributed by atoms with van der Waals surface area (Å²) < 4.78 is 74.4. The highest BCUT2D eigenvalue weighted by molar-refractivity contribution is 7.84. The Morgan fingerprint density at radius 2 is 1.52 bits per heavy atom. The largest absolute Gasteiger partial charge is 0.508 e. The lowest BCUT2D eigenvalue weighted by Crippen LogP contribution is -2.36. The number of phenols is 1. The second-order valence-electron chi connectivity index (χ2n) is 11.6. The van der Waals surface area contributed by atoms with E-state index in [1.807, 2.05) is 12.1 Å². The van der Waals surface area contributed by atoms with Gasteiger partial charge in [0, 0.05) is 34.1 Å². The second kappa shape index (κ2) is 14.4. The molecule has 2 aliphatic carbocycles. The maximum Gasteiger partial charge on any atom is 0.453 e. The molecular weight excluding hydrogens is 547 g/mol. The lowest BCUT2D eigenvalue weighted by Gasteiger charge is -2.43. The summed E-state index contributed by atoms with van der Waals surface area (Å²) >= 11 is 0. The fourth-order valence-electron chi connectivity index (χ4n) is 6.08. The molecule has 40 heavy (non-hydrogen) atoms. The number of unbranched alkanes of at least 4 members (excludes halogenated alkanes) is 6. The fourth-order valence-corrected chi connectivity index (χ4v) is 7.28. The standard InChI is InChI=1S/C31H43F5O3S/c1-29(24-11-13-25(37)14-12-24)19-17-23-22-26(38)15-16-27(23)28(29)10-7-5-3-2-4-6-8-20-40(39)21-9-18-30(32,33)31(34,35)36/h11-14,17,19,26,28,37-38H,2-10,15-16,18,20-22H2,1H3. The summed E-state index contributed by atoms with van der Waals surface area (Å²) in [6.07, 6.45) is 7.21. The summed E-state index contributed by atoms with van der Waals surface area (Å²) in [6, 6.07) is 7.48. The van der Waals surface area contributed by atoms with Crippen LogP contribution in [0.2, 0.25) is 0 Å². The molecule has 1 aromatic carbocycles. The van der Waals surface area contributed by atoms with Crippen LogP contribution in [-0.2, 0) is 16.2 Å². The molecule has 0 radical (unpaired) electrons. The predicted molar refractivity (Wildman–Crippen MR) is 150 cm³/mol. The summed E-state index contributed by atoms with van der Waals surface area (Å²) in [6.45, 7) is 2.27. The molecule has 0 amide bonds. The highest BCUT2D eigenvalue weighted by atomic mass is 32.2. The zero-order chi connectivity index (χ0) is 29.4. The van der Waals surface area contributed by atoms with Crippen molar-refractivity contribution in [2.45, 2.75) is 114 Å². The summed E-state index contributed by atoms with van der Waals surface area (Å²) in [5.74, 6) is -3.90. The van der Waals surface area contributed by atoms with E-state index in [-0.39, 0.29) is 23.0 Å². The summed E-state index contributed by atoms with van der Waals surface area (Å²) in [5, 5.41) is 20.0. The molecule has 0 heterocycles. The number of allylic oxidation sites excluding steroid dienone is 3. The van der Waals surface area contributed by atoms with Gasteiger partial charge in [-0.2, -0.15) is 22.0 Å². The minimum atomic E-state index is -5.55. The van der Waals surface area contributed by atoms with Crippen LogP contribution in [0.25, 0.3) is 0 Å². The third-order valence-corrected chi connectivity index (χ3v) is 10.0. The molecule has 3 rings (SSSR count). The van der Waals surface area contributed by atoms with Crippen molar-refractivity contribution in [3.05, 3.63) is 53.1 Å². The molecule has 1 aromatic rings. The average molecular weight is 591 g/mol. The topological polar surface area (TPSA) is 57.5 Å². The zero-order valence-electron chi connectivity index (χ0n) is 23.3. The van der Waals surface area contributed by atoms with E-state index in [9.17, 15) is 36.4 Å². The number of alkyl halides is 5. The fraction of sp³-hybridized carbons (Fsp3) is 0.677. The number of phenolic OH excluding ortho intramolecular Hbond substituents is 1. The van der Waals surface area contributed by atoms with E-state index in [4.69, 9.17) is 0 Å². The molecule has 0 aromatic heterocycles. The molecule has 0 bridgehead atoms. The van der Waals surface area contributed by atoms with Gasteiger partial charge in [-0.05, 0) is 67.7 Å². The van der Waals surface area contributed by atoms with Crippen molar-refractivity contribution < 1.29 is 36.4 Å². The van der Waals surface area contributed by atoms with Crippen LogP contribution < -0.4 is 0 Å². The van der Waals surface area contributed by atoms with Crippen LogP contribution in [-0.4, -0.2) is 44.1 Å². The highest BCUT2D eigenvalue weighted by Crippen LogP contribution is 2.49. The van der Waals surface area contributed by atoms with E-state index in [0.29, 0.717) is 24.5 Å². The molecule has 0 saturated heterocycles. The summed E-state index contributed by atoms with van der Waals surface area (Å²) in [5.41, 5.74) is 3.73. The van der Waals surface area contributed by atoms with Gasteiger partial charge in [0.2, 0.25) is 0 Å². The quantitative estimate of drug-likeness (QED) is 0.159. The number of aliphatic hydroxyl groups is 1. The summed E-state index contributed by atoms with van der Waals surface area (Å²) in [4.78, 5) is 0. The van der Waals surface area contributed by atoms with E-state index >= 15 is 0 Å². The minimum Gasteiger partial charge on any atom is -0.508 e. The van der Waals surface area contributed by atoms with Crippen LogP contribution in [0.5, 0.6) is 5.75 Å². The predicted octanol–water partition coefficient (Wildman–Crippen LogP) is 8.52. The Bertz CT molecular complexity index is 1030. The van der Waals surface area contributed by atoms with Gasteiger partial charge in [-0.15, -0.1) is 0 Å². The molecule has 0 spiro atoms. The van der Waals surface area contributed by atoms with Crippen LogP contribution in [0, 0.1) is 5.92 Å². The Hall–Kier alpha value is -1.74. The molecule has 0 aliphatic heterocycles. The summed E-state index contributed by atoms with van der Waals surface area (Å²) in [7, 11) is -1.37. The van der Waals surface area contributed by atoms with Gasteiger partial charge < -0.3 is 10.2 Å². The molecule has 2 N–H and O–H groups in total. The first kappa shape index (κ1) is 32.8. The van der Waals surface area contributed by atoms with Crippen LogP contribution in [0.3, 0.4) is 0 Å². The lowest BCUT2D eigenvalue weighted by atomic mass is 9.61. The van der Waals surface area contributed by atoms with Crippen LogP contribution >= 0.6 is 0 Å². The van der Waals surface area contributed by atoms with Gasteiger partial charge in [0.05, 0.1) is 6.10 Å². The maximum atomic E-state index is 12.9. The second-order valence-corrected chi connectivity index (χ2v) is 13.3. The van der Waals surface area contributed by atoms with Crippen molar-refractivity contribution in [3.8, 4) is 5.75 Å². The number of hydrogen-bond acceptors (Lipinski definition) is 3. The van der Waals surface area contributed by atoms with E-state index in [1.165, 1.54) is 16.7 Å². The molecule has 3 nitrogen and oxygen atoms in total. The van der Waals surface area contributed by atoms with E-state index in [0.717, 1.165) is 57.8 Å². The Morgan fingerprint density at radius 1 is 0.925 bits per heavy atom. The monoisotopic (exact) mass is 590 g/mol. The number of halogens is 5. The van der Waals surface area contributed by atoms with Gasteiger partial charge in [0.15, 0.2) is 0 Å². The Morgan fingerprint density at radius 3 is 2.17 bits per heavy atom. The van der Waals surface area contributed by atoms with E-state index < -0.39 is 35.7 Å². The molecular formula is C31H43F5O3S. The van der Waals surface area contributed by atoms with Gasteiger partial charge in [0.25, 0.3) is 0 Å². The smallest absolute Gasteiger partial charge is 0.453 e. The number of aromatic hydroxyl groups is 1. The highest BCUT2D eigenvalue weighted by Gasteiger charge is 2.56. The molecule has 226 valence electrons. The van der Waals surface area contributed by atoms with Crippen LogP contribution in [0.15, 0.2) is 47.6 Å². The molecule has 0 fully saturated rings. The Labute approximate surface area is 237 Å². The first-order valence-corrected chi connectivity index (χ1v) is 16.0. The van der Waals surface area contributed by atoms with E-state index in [1.54, 1.807) is 12.1 Å². The van der Waals surface area contributed by atoms with Crippen molar-refractivity contribution in [1.82, 2.24) is 0 Å². The van der Waals surface area contributed by atoms with Crippen LogP contribution in [0.4, 0.5) is 22.0 Å². The Kier molecular flexibility index (Phi) is 11.8. The molecule has 0 saturated carbocycles. The van der Waals surface area contributed by atoms with Gasteiger partial charge >= 0.3 is 12.1 Å². The first-order valence-electron chi connectivity index (χ1n) is 14.5. The van der Waals surface area contributed by atoms with Gasteiger partial charge in [-0.25, -0.2) is 0 Å². The van der Waals surface area contributed by atoms with Crippen molar-refractivity contribution in [1.29, 1.82) is 0 Å². The van der Waals surface area contributed by atoms with Crippen molar-refractivity contribution in [2.75, 3.05) is 11.5 Å². The lowest BCUT2D eigenvalue weighted by molar-refractivity contribution is -0.284. The Balaban J connectivity index is 1.37. The normalized spacial score (nSPS) is 24.3. The first-order chi connectivity index (χ1) is 18.8. The minimum absolute atomic E-state index is 0.123. The van der Waals surface area contributed by atoms with Crippen molar-refractivity contribution >= 4 is 10.8 Å². The number of hydrogen-bond donors (Lipinski definition) is 2. The molecule has 2 aliphatic rings. The molecule has 4 atom stereocenters. The van der Waals surface area contributed by atoms with Crippen molar-refractivity contribution in [2.24, 2.45) is 5.92 Å². The van der Waals surface area contributed by atoms with E-state index in [2.05, 4.69) is 19.1 Å². The third-order valence-electron chi connectivity index (χ3n) is 8.52. The molecule has 4 unspecified atom stereocenters. The van der Waals surface area contributed by atoms with Gasteiger partial charge in [-0.1, -0.05) is 75.3 Å².